The van der Waals surface area contributed by atoms with Crippen LogP contribution in [0.4, 0.5) is 0 Å². The first kappa shape index (κ1) is 12.5. The first-order valence-corrected chi connectivity index (χ1v) is 6.63. The van der Waals surface area contributed by atoms with Crippen LogP contribution in [0.2, 0.25) is 0 Å². The largest absolute Gasteiger partial charge is 0.330 e. The Bertz CT molecular complexity index is 335. The molecule has 1 saturated heterocycles. The number of rotatable bonds is 3. The van der Waals surface area contributed by atoms with E-state index in [0.29, 0.717) is 12.0 Å². The van der Waals surface area contributed by atoms with Gasteiger partial charge in [0.2, 0.25) is 0 Å². The number of pyridine rings is 1. The van der Waals surface area contributed by atoms with E-state index in [9.17, 15) is 0 Å². The van der Waals surface area contributed by atoms with Gasteiger partial charge in [0.25, 0.3) is 0 Å². The highest BCUT2D eigenvalue weighted by atomic mass is 15.2. The molecule has 0 amide bonds. The molecule has 2 rings (SSSR count). The third kappa shape index (κ3) is 2.67. The highest BCUT2D eigenvalue weighted by Gasteiger charge is 2.30. The Balaban J connectivity index is 2.26. The van der Waals surface area contributed by atoms with E-state index in [-0.39, 0.29) is 0 Å². The summed E-state index contributed by atoms with van der Waals surface area (Å²) in [7, 11) is 0. The van der Waals surface area contributed by atoms with Crippen molar-refractivity contribution in [2.24, 2.45) is 11.7 Å². The number of aromatic nitrogens is 1. The molecule has 1 aliphatic rings. The minimum Gasteiger partial charge on any atom is -0.330 e. The van der Waals surface area contributed by atoms with E-state index in [1.54, 1.807) is 0 Å². The van der Waals surface area contributed by atoms with Crippen LogP contribution in [0.3, 0.4) is 0 Å². The topological polar surface area (TPSA) is 42.1 Å². The third-order valence-electron chi connectivity index (χ3n) is 3.84. The maximum atomic E-state index is 5.93. The van der Waals surface area contributed by atoms with E-state index in [0.717, 1.165) is 18.8 Å². The van der Waals surface area contributed by atoms with Crippen molar-refractivity contribution < 1.29 is 0 Å². The van der Waals surface area contributed by atoms with Gasteiger partial charge in [0.1, 0.15) is 0 Å². The SMILES string of the molecule is CCN1CCCC(CN)C1c1ccc(C)nc1. The lowest BCUT2D eigenvalue weighted by molar-refractivity contribution is 0.102. The number of nitrogens with zero attached hydrogens (tertiary/aromatic N) is 2. The van der Waals surface area contributed by atoms with E-state index in [2.05, 4.69) is 28.9 Å². The zero-order valence-corrected chi connectivity index (χ0v) is 10.9. The Morgan fingerprint density at radius 3 is 2.88 bits per heavy atom. The minimum absolute atomic E-state index is 0.465. The molecule has 0 aromatic carbocycles. The zero-order valence-electron chi connectivity index (χ0n) is 10.9. The van der Waals surface area contributed by atoms with Gasteiger partial charge in [-0.1, -0.05) is 13.0 Å². The highest BCUT2D eigenvalue weighted by Crippen LogP contribution is 2.34. The summed E-state index contributed by atoms with van der Waals surface area (Å²) in [4.78, 5) is 6.96. The molecule has 94 valence electrons. The van der Waals surface area contributed by atoms with Gasteiger partial charge in [-0.15, -0.1) is 0 Å². The maximum absolute atomic E-state index is 5.93. The molecule has 17 heavy (non-hydrogen) atoms. The first-order chi connectivity index (χ1) is 8.26. The molecule has 2 atom stereocenters. The van der Waals surface area contributed by atoms with Crippen molar-refractivity contribution in [3.8, 4) is 0 Å². The van der Waals surface area contributed by atoms with Crippen LogP contribution < -0.4 is 5.73 Å². The lowest BCUT2D eigenvalue weighted by atomic mass is 9.85. The van der Waals surface area contributed by atoms with Crippen LogP contribution in [-0.4, -0.2) is 29.5 Å². The number of nitrogens with two attached hydrogens (primary N) is 1. The second kappa shape index (κ2) is 5.61. The fourth-order valence-electron chi connectivity index (χ4n) is 2.89. The molecule has 3 heteroatoms. The Morgan fingerprint density at radius 2 is 2.29 bits per heavy atom. The summed E-state index contributed by atoms with van der Waals surface area (Å²) in [6.07, 6.45) is 4.54. The molecule has 0 spiro atoms. The van der Waals surface area contributed by atoms with Crippen LogP contribution in [0.5, 0.6) is 0 Å². The van der Waals surface area contributed by atoms with Gasteiger partial charge in [0, 0.05) is 17.9 Å². The molecule has 1 aromatic rings. The maximum Gasteiger partial charge on any atom is 0.0403 e. The smallest absolute Gasteiger partial charge is 0.0403 e. The van der Waals surface area contributed by atoms with Crippen molar-refractivity contribution in [1.29, 1.82) is 0 Å². The van der Waals surface area contributed by atoms with E-state index in [1.165, 1.54) is 24.9 Å². The molecule has 1 aromatic heterocycles. The molecule has 0 aliphatic carbocycles. The van der Waals surface area contributed by atoms with Crippen molar-refractivity contribution in [2.45, 2.75) is 32.7 Å². The van der Waals surface area contributed by atoms with E-state index in [4.69, 9.17) is 5.73 Å². The Labute approximate surface area is 104 Å². The summed E-state index contributed by atoms with van der Waals surface area (Å²) in [5.74, 6) is 0.577. The average molecular weight is 233 g/mol. The number of piperidine rings is 1. The monoisotopic (exact) mass is 233 g/mol. The molecule has 3 nitrogen and oxygen atoms in total. The third-order valence-corrected chi connectivity index (χ3v) is 3.84. The van der Waals surface area contributed by atoms with E-state index < -0.39 is 0 Å². The molecule has 2 unspecified atom stereocenters. The van der Waals surface area contributed by atoms with Crippen molar-refractivity contribution in [1.82, 2.24) is 9.88 Å². The molecule has 0 saturated carbocycles. The number of hydrogen-bond acceptors (Lipinski definition) is 3. The molecule has 1 aliphatic heterocycles. The summed E-state index contributed by atoms with van der Waals surface area (Å²) in [5, 5.41) is 0. The Morgan fingerprint density at radius 1 is 1.47 bits per heavy atom. The second-order valence-corrected chi connectivity index (χ2v) is 4.94. The highest BCUT2D eigenvalue weighted by molar-refractivity contribution is 5.19. The fraction of sp³-hybridized carbons (Fsp3) is 0.643. The van der Waals surface area contributed by atoms with Crippen molar-refractivity contribution in [2.75, 3.05) is 19.6 Å². The second-order valence-electron chi connectivity index (χ2n) is 4.94. The quantitative estimate of drug-likeness (QED) is 0.869. The zero-order chi connectivity index (χ0) is 12.3. The average Bonchev–Trinajstić information content (AvgIpc) is 2.38. The normalized spacial score (nSPS) is 26.1. The van der Waals surface area contributed by atoms with Gasteiger partial charge < -0.3 is 5.73 Å². The Hall–Kier alpha value is -0.930. The van der Waals surface area contributed by atoms with E-state index >= 15 is 0 Å². The molecular weight excluding hydrogens is 210 g/mol. The van der Waals surface area contributed by atoms with Gasteiger partial charge in [0.15, 0.2) is 0 Å². The predicted molar refractivity (Wildman–Crippen MR) is 70.7 cm³/mol. The summed E-state index contributed by atoms with van der Waals surface area (Å²) in [5.41, 5.74) is 8.34. The summed E-state index contributed by atoms with van der Waals surface area (Å²) in [6.45, 7) is 7.31. The van der Waals surface area contributed by atoms with Crippen LogP contribution in [0.1, 0.15) is 37.1 Å². The summed E-state index contributed by atoms with van der Waals surface area (Å²) in [6, 6.07) is 4.78. The van der Waals surface area contributed by atoms with Crippen molar-refractivity contribution in [3.63, 3.8) is 0 Å². The molecule has 1 fully saturated rings. The van der Waals surface area contributed by atoms with E-state index in [1.807, 2.05) is 13.1 Å². The minimum atomic E-state index is 0.465. The van der Waals surface area contributed by atoms with Crippen LogP contribution >= 0.6 is 0 Å². The number of hydrogen-bond donors (Lipinski definition) is 1. The summed E-state index contributed by atoms with van der Waals surface area (Å²) < 4.78 is 0. The van der Waals surface area contributed by atoms with Gasteiger partial charge in [-0.25, -0.2) is 0 Å². The molecule has 2 N–H and O–H groups in total. The fourth-order valence-corrected chi connectivity index (χ4v) is 2.89. The van der Waals surface area contributed by atoms with Gasteiger partial charge in [-0.05, 0) is 56.9 Å². The lowest BCUT2D eigenvalue weighted by Crippen LogP contribution is -2.41. The molecule has 0 bridgehead atoms. The molecular formula is C14H23N3. The van der Waals surface area contributed by atoms with Crippen molar-refractivity contribution >= 4 is 0 Å². The molecule has 2 heterocycles. The predicted octanol–water partition coefficient (Wildman–Crippen LogP) is 2.12. The lowest BCUT2D eigenvalue weighted by Gasteiger charge is -2.40. The first-order valence-electron chi connectivity index (χ1n) is 6.63. The van der Waals surface area contributed by atoms with Gasteiger partial charge in [-0.3, -0.25) is 9.88 Å². The number of likely N-dealkylation sites (tertiary alicyclic amines) is 1. The van der Waals surface area contributed by atoms with Gasteiger partial charge in [-0.2, -0.15) is 0 Å². The van der Waals surface area contributed by atoms with Crippen LogP contribution in [0, 0.1) is 12.8 Å². The number of aryl methyl sites for hydroxylation is 1. The van der Waals surface area contributed by atoms with Gasteiger partial charge in [0.05, 0.1) is 0 Å². The molecule has 0 radical (unpaired) electrons. The standard InChI is InChI=1S/C14H23N3/c1-3-17-8-4-5-12(9-15)14(17)13-7-6-11(2)16-10-13/h6-7,10,12,14H,3-5,8-9,15H2,1-2H3. The van der Waals surface area contributed by atoms with Crippen LogP contribution in [0.15, 0.2) is 18.3 Å². The summed E-state index contributed by atoms with van der Waals surface area (Å²) >= 11 is 0. The van der Waals surface area contributed by atoms with Crippen LogP contribution in [-0.2, 0) is 0 Å². The van der Waals surface area contributed by atoms with Crippen LogP contribution in [0.25, 0.3) is 0 Å². The van der Waals surface area contributed by atoms with Crippen molar-refractivity contribution in [3.05, 3.63) is 29.6 Å². The Kier molecular flexibility index (Phi) is 4.13. The van der Waals surface area contributed by atoms with Gasteiger partial charge >= 0.3 is 0 Å².